The maximum Gasteiger partial charge on any atom is 0.0342 e. The molecule has 0 aliphatic carbocycles. The van der Waals surface area contributed by atoms with Crippen molar-refractivity contribution in [2.45, 2.75) is 26.3 Å². The largest absolute Gasteiger partial charge is 0.315 e. The van der Waals surface area contributed by atoms with Gasteiger partial charge in [0.25, 0.3) is 0 Å². The highest BCUT2D eigenvalue weighted by molar-refractivity contribution is 5.30. The fourth-order valence-electron chi connectivity index (χ4n) is 2.65. The first-order valence-electron chi connectivity index (χ1n) is 7.34. The lowest BCUT2D eigenvalue weighted by molar-refractivity contribution is 0.196. The summed E-state index contributed by atoms with van der Waals surface area (Å²) >= 11 is 0. The molecule has 1 unspecified atom stereocenters. The van der Waals surface area contributed by atoms with Gasteiger partial charge in [0.2, 0.25) is 0 Å². The fraction of sp³-hybridized carbons (Fsp3) is 0.625. The smallest absolute Gasteiger partial charge is 0.0342 e. The van der Waals surface area contributed by atoms with Gasteiger partial charge in [-0.15, -0.1) is 0 Å². The van der Waals surface area contributed by atoms with Crippen molar-refractivity contribution < 1.29 is 0 Å². The Labute approximate surface area is 117 Å². The first-order chi connectivity index (χ1) is 9.16. The van der Waals surface area contributed by atoms with Gasteiger partial charge in [0, 0.05) is 32.2 Å². The summed E-state index contributed by atoms with van der Waals surface area (Å²) in [5.74, 6) is 0. The molecule has 2 N–H and O–H groups in total. The van der Waals surface area contributed by atoms with Crippen LogP contribution in [-0.4, -0.2) is 50.7 Å². The maximum absolute atomic E-state index is 3.60. The number of hydrogen-bond donors (Lipinski definition) is 2. The molecule has 3 nitrogen and oxygen atoms in total. The Morgan fingerprint density at radius 2 is 2.21 bits per heavy atom. The molecule has 0 spiro atoms. The van der Waals surface area contributed by atoms with Crippen LogP contribution in [0.25, 0.3) is 0 Å². The summed E-state index contributed by atoms with van der Waals surface area (Å²) in [4.78, 5) is 2.45. The number of piperazine rings is 1. The minimum absolute atomic E-state index is 0.632. The SMILES string of the molecule is Cc1ccc(C)c(CCNCC2CNCCN2C)c1. The van der Waals surface area contributed by atoms with Crippen molar-refractivity contribution in [1.29, 1.82) is 0 Å². The molecule has 3 heteroatoms. The number of nitrogens with zero attached hydrogens (tertiary/aromatic N) is 1. The topological polar surface area (TPSA) is 27.3 Å². The molecule has 0 aromatic heterocycles. The maximum atomic E-state index is 3.60. The number of aryl methyl sites for hydroxylation is 2. The van der Waals surface area contributed by atoms with Crippen molar-refractivity contribution in [3.8, 4) is 0 Å². The van der Waals surface area contributed by atoms with Gasteiger partial charge in [0.15, 0.2) is 0 Å². The summed E-state index contributed by atoms with van der Waals surface area (Å²) in [7, 11) is 2.22. The molecule has 2 rings (SSSR count). The Hall–Kier alpha value is -0.900. The van der Waals surface area contributed by atoms with Gasteiger partial charge < -0.3 is 10.6 Å². The predicted molar refractivity (Wildman–Crippen MR) is 81.8 cm³/mol. The number of hydrogen-bond acceptors (Lipinski definition) is 3. The molecule has 0 radical (unpaired) electrons. The Bertz CT molecular complexity index is 403. The summed E-state index contributed by atoms with van der Waals surface area (Å²) in [5.41, 5.74) is 4.24. The molecule has 1 saturated heterocycles. The first kappa shape index (κ1) is 14.5. The monoisotopic (exact) mass is 261 g/mol. The van der Waals surface area contributed by atoms with E-state index >= 15 is 0 Å². The number of nitrogens with one attached hydrogen (secondary N) is 2. The second-order valence-electron chi connectivity index (χ2n) is 5.72. The number of benzene rings is 1. The summed E-state index contributed by atoms with van der Waals surface area (Å²) in [6.07, 6.45) is 1.12. The van der Waals surface area contributed by atoms with Gasteiger partial charge >= 0.3 is 0 Å². The van der Waals surface area contributed by atoms with E-state index in [0.717, 1.165) is 39.1 Å². The average Bonchev–Trinajstić information content (AvgIpc) is 2.40. The molecule has 1 fully saturated rings. The third-order valence-electron chi connectivity index (χ3n) is 4.10. The summed E-state index contributed by atoms with van der Waals surface area (Å²) in [5, 5.41) is 7.06. The van der Waals surface area contributed by atoms with E-state index in [-0.39, 0.29) is 0 Å². The standard InChI is InChI=1S/C16H27N3/c1-13-4-5-14(2)15(10-13)6-7-17-11-16-12-18-8-9-19(16)3/h4-5,10,16-18H,6-9,11-12H2,1-3H3. The van der Waals surface area contributed by atoms with Crippen molar-refractivity contribution in [1.82, 2.24) is 15.5 Å². The van der Waals surface area contributed by atoms with Gasteiger partial charge in [-0.25, -0.2) is 0 Å². The molecule has 1 heterocycles. The van der Waals surface area contributed by atoms with Crippen LogP contribution in [0.4, 0.5) is 0 Å². The van der Waals surface area contributed by atoms with Gasteiger partial charge in [-0.2, -0.15) is 0 Å². The van der Waals surface area contributed by atoms with Crippen LogP contribution in [0.3, 0.4) is 0 Å². The Morgan fingerprint density at radius 3 is 3.00 bits per heavy atom. The van der Waals surface area contributed by atoms with Crippen molar-refractivity contribution in [2.24, 2.45) is 0 Å². The highest BCUT2D eigenvalue weighted by Crippen LogP contribution is 2.10. The molecule has 19 heavy (non-hydrogen) atoms. The highest BCUT2D eigenvalue weighted by atomic mass is 15.2. The summed E-state index contributed by atoms with van der Waals surface area (Å²) < 4.78 is 0. The molecule has 1 atom stereocenters. The molecule has 1 aliphatic rings. The van der Waals surface area contributed by atoms with Crippen LogP contribution in [0.15, 0.2) is 18.2 Å². The van der Waals surface area contributed by atoms with E-state index in [4.69, 9.17) is 0 Å². The van der Waals surface area contributed by atoms with Crippen LogP contribution in [0.2, 0.25) is 0 Å². The molecule has 0 bridgehead atoms. The van der Waals surface area contributed by atoms with Crippen LogP contribution in [0.5, 0.6) is 0 Å². The molecule has 0 amide bonds. The fourth-order valence-corrected chi connectivity index (χ4v) is 2.65. The summed E-state index contributed by atoms with van der Waals surface area (Å²) in [6.45, 7) is 9.89. The van der Waals surface area contributed by atoms with E-state index in [2.05, 4.69) is 54.6 Å². The third-order valence-corrected chi connectivity index (χ3v) is 4.10. The quantitative estimate of drug-likeness (QED) is 0.783. The normalized spacial score (nSPS) is 20.7. The number of rotatable bonds is 5. The highest BCUT2D eigenvalue weighted by Gasteiger charge is 2.17. The van der Waals surface area contributed by atoms with Crippen molar-refractivity contribution >= 4 is 0 Å². The molecule has 1 aromatic carbocycles. The van der Waals surface area contributed by atoms with Crippen LogP contribution in [0, 0.1) is 13.8 Å². The Balaban J connectivity index is 1.73. The molecule has 0 saturated carbocycles. The molecular formula is C16H27N3. The van der Waals surface area contributed by atoms with Gasteiger partial charge in [0.1, 0.15) is 0 Å². The van der Waals surface area contributed by atoms with Crippen molar-refractivity contribution in [3.63, 3.8) is 0 Å². The van der Waals surface area contributed by atoms with E-state index in [9.17, 15) is 0 Å². The molecular weight excluding hydrogens is 234 g/mol. The number of likely N-dealkylation sites (N-methyl/N-ethyl adjacent to an activating group) is 1. The van der Waals surface area contributed by atoms with E-state index in [1.165, 1.54) is 16.7 Å². The Morgan fingerprint density at radius 1 is 1.37 bits per heavy atom. The zero-order valence-electron chi connectivity index (χ0n) is 12.5. The lowest BCUT2D eigenvalue weighted by Crippen LogP contribution is -2.53. The second kappa shape index (κ2) is 7.04. The van der Waals surface area contributed by atoms with Crippen LogP contribution < -0.4 is 10.6 Å². The van der Waals surface area contributed by atoms with E-state index in [1.54, 1.807) is 0 Å². The van der Waals surface area contributed by atoms with Gasteiger partial charge in [-0.05, 0) is 45.0 Å². The Kier molecular flexibility index (Phi) is 5.37. The van der Waals surface area contributed by atoms with Gasteiger partial charge in [-0.1, -0.05) is 23.8 Å². The molecule has 1 aliphatic heterocycles. The van der Waals surface area contributed by atoms with E-state index in [0.29, 0.717) is 6.04 Å². The average molecular weight is 261 g/mol. The minimum Gasteiger partial charge on any atom is -0.315 e. The van der Waals surface area contributed by atoms with Crippen molar-refractivity contribution in [2.75, 3.05) is 39.8 Å². The predicted octanol–water partition coefficient (Wildman–Crippen LogP) is 1.34. The lowest BCUT2D eigenvalue weighted by Gasteiger charge is -2.33. The van der Waals surface area contributed by atoms with E-state index < -0.39 is 0 Å². The van der Waals surface area contributed by atoms with Gasteiger partial charge in [-0.3, -0.25) is 4.90 Å². The zero-order valence-corrected chi connectivity index (χ0v) is 12.5. The zero-order chi connectivity index (χ0) is 13.7. The molecule has 1 aromatic rings. The van der Waals surface area contributed by atoms with Crippen molar-refractivity contribution in [3.05, 3.63) is 34.9 Å². The lowest BCUT2D eigenvalue weighted by atomic mass is 10.0. The molecule has 106 valence electrons. The minimum atomic E-state index is 0.632. The van der Waals surface area contributed by atoms with Crippen LogP contribution in [-0.2, 0) is 6.42 Å². The second-order valence-corrected chi connectivity index (χ2v) is 5.72. The van der Waals surface area contributed by atoms with E-state index in [1.807, 2.05) is 0 Å². The van der Waals surface area contributed by atoms with Gasteiger partial charge in [0.05, 0.1) is 0 Å². The summed E-state index contributed by atoms with van der Waals surface area (Å²) in [6, 6.07) is 7.36. The first-order valence-corrected chi connectivity index (χ1v) is 7.34. The van der Waals surface area contributed by atoms with Crippen LogP contribution >= 0.6 is 0 Å². The van der Waals surface area contributed by atoms with Crippen LogP contribution in [0.1, 0.15) is 16.7 Å². The third kappa shape index (κ3) is 4.30.